The molecule has 1 fully saturated rings. The molecule has 2 aromatic carbocycles. The molecular weight excluding hydrogens is 336 g/mol. The Morgan fingerprint density at radius 2 is 1.63 bits per heavy atom. The highest BCUT2D eigenvalue weighted by Crippen LogP contribution is 2.19. The number of hydrogen-bond acceptors (Lipinski definition) is 3. The van der Waals surface area contributed by atoms with E-state index in [-0.39, 0.29) is 18.1 Å². The van der Waals surface area contributed by atoms with Crippen LogP contribution < -0.4 is 15.5 Å². The number of amides is 2. The summed E-state index contributed by atoms with van der Waals surface area (Å²) in [5.74, 6) is 0. The summed E-state index contributed by atoms with van der Waals surface area (Å²) in [7, 11) is 4.05. The maximum absolute atomic E-state index is 12.6. The van der Waals surface area contributed by atoms with Crippen molar-refractivity contribution in [2.45, 2.75) is 24.9 Å². The van der Waals surface area contributed by atoms with Crippen LogP contribution in [-0.4, -0.2) is 50.7 Å². The van der Waals surface area contributed by atoms with Crippen molar-refractivity contribution in [3.05, 3.63) is 66.2 Å². The van der Waals surface area contributed by atoms with Gasteiger partial charge in [-0.1, -0.05) is 48.5 Å². The van der Waals surface area contributed by atoms with Gasteiger partial charge < -0.3 is 20.4 Å². The second-order valence-corrected chi connectivity index (χ2v) is 7.44. The smallest absolute Gasteiger partial charge is 0.315 e. The molecule has 2 N–H and O–H groups in total. The second-order valence-electron chi connectivity index (χ2n) is 7.44. The van der Waals surface area contributed by atoms with Crippen molar-refractivity contribution < 1.29 is 4.79 Å². The lowest BCUT2D eigenvalue weighted by Crippen LogP contribution is -2.49. The molecule has 0 radical (unpaired) electrons. The monoisotopic (exact) mass is 366 g/mol. The summed E-state index contributed by atoms with van der Waals surface area (Å²) in [6, 6.07) is 20.7. The maximum Gasteiger partial charge on any atom is 0.315 e. The fourth-order valence-corrected chi connectivity index (χ4v) is 3.59. The number of nitrogens with zero attached hydrogens (tertiary/aromatic N) is 2. The minimum Gasteiger partial charge on any atom is -0.371 e. The summed E-state index contributed by atoms with van der Waals surface area (Å²) in [5, 5.41) is 6.32. The Bertz CT molecular complexity index is 697. The van der Waals surface area contributed by atoms with Crippen LogP contribution >= 0.6 is 0 Å². The first-order valence-corrected chi connectivity index (χ1v) is 9.68. The van der Waals surface area contributed by atoms with Gasteiger partial charge in [0.2, 0.25) is 0 Å². The van der Waals surface area contributed by atoms with Gasteiger partial charge in [-0.3, -0.25) is 0 Å². The maximum atomic E-state index is 12.6. The minimum atomic E-state index is -0.0798. The highest BCUT2D eigenvalue weighted by molar-refractivity contribution is 5.75. The number of likely N-dealkylation sites (N-methyl/N-ethyl adjacent to an activating group) is 1. The third kappa shape index (κ3) is 5.73. The number of piperidine rings is 1. The molecule has 2 amide bonds. The van der Waals surface area contributed by atoms with E-state index in [9.17, 15) is 4.79 Å². The lowest BCUT2D eigenvalue weighted by atomic mass is 10.0. The Morgan fingerprint density at radius 3 is 2.22 bits per heavy atom. The van der Waals surface area contributed by atoms with Crippen LogP contribution in [0, 0.1) is 0 Å². The molecule has 0 bridgehead atoms. The van der Waals surface area contributed by atoms with Gasteiger partial charge >= 0.3 is 6.03 Å². The van der Waals surface area contributed by atoms with Crippen LogP contribution in [0.5, 0.6) is 0 Å². The zero-order valence-electron chi connectivity index (χ0n) is 16.3. The van der Waals surface area contributed by atoms with E-state index >= 15 is 0 Å². The van der Waals surface area contributed by atoms with Gasteiger partial charge in [-0.15, -0.1) is 0 Å². The van der Waals surface area contributed by atoms with Crippen LogP contribution in [0.15, 0.2) is 60.7 Å². The molecule has 1 aliphatic rings. The van der Waals surface area contributed by atoms with Gasteiger partial charge in [-0.25, -0.2) is 4.79 Å². The fraction of sp³-hybridized carbons (Fsp3) is 0.409. The predicted octanol–water partition coefficient (Wildman–Crippen LogP) is 3.26. The van der Waals surface area contributed by atoms with Crippen LogP contribution in [0.25, 0.3) is 0 Å². The molecule has 144 valence electrons. The van der Waals surface area contributed by atoms with E-state index in [0.29, 0.717) is 0 Å². The number of nitrogens with one attached hydrogen (secondary N) is 2. The van der Waals surface area contributed by atoms with Crippen LogP contribution in [0.2, 0.25) is 0 Å². The summed E-state index contributed by atoms with van der Waals surface area (Å²) >= 11 is 0. The van der Waals surface area contributed by atoms with Crippen LogP contribution in [0.1, 0.15) is 24.4 Å². The average molecular weight is 367 g/mol. The summed E-state index contributed by atoms with van der Waals surface area (Å²) in [6.45, 7) is 2.70. The quantitative estimate of drug-likeness (QED) is 0.825. The molecule has 1 heterocycles. The van der Waals surface area contributed by atoms with E-state index in [2.05, 4.69) is 56.8 Å². The molecule has 0 spiro atoms. The van der Waals surface area contributed by atoms with E-state index in [0.717, 1.165) is 38.0 Å². The van der Waals surface area contributed by atoms with Crippen molar-refractivity contribution >= 4 is 11.7 Å². The Morgan fingerprint density at radius 1 is 1.04 bits per heavy atom. The zero-order chi connectivity index (χ0) is 19.1. The van der Waals surface area contributed by atoms with Crippen molar-refractivity contribution in [3.63, 3.8) is 0 Å². The van der Waals surface area contributed by atoms with Crippen LogP contribution in [0.3, 0.4) is 0 Å². The minimum absolute atomic E-state index is 0.0226. The molecule has 3 rings (SSSR count). The summed E-state index contributed by atoms with van der Waals surface area (Å²) in [6.07, 6.45) is 1.93. The summed E-state index contributed by atoms with van der Waals surface area (Å²) < 4.78 is 0. The van der Waals surface area contributed by atoms with Gasteiger partial charge in [0.05, 0.1) is 6.04 Å². The van der Waals surface area contributed by atoms with Gasteiger partial charge in [0, 0.05) is 31.4 Å². The van der Waals surface area contributed by atoms with Crippen molar-refractivity contribution in [1.29, 1.82) is 0 Å². The molecule has 0 aromatic heterocycles. The Labute approximate surface area is 162 Å². The molecule has 0 aliphatic carbocycles. The van der Waals surface area contributed by atoms with Crippen molar-refractivity contribution in [2.24, 2.45) is 0 Å². The molecule has 1 aliphatic heterocycles. The Balaban J connectivity index is 1.51. The number of para-hydroxylation sites is 1. The highest BCUT2D eigenvalue weighted by Gasteiger charge is 2.22. The van der Waals surface area contributed by atoms with E-state index in [1.165, 1.54) is 5.69 Å². The SMILES string of the molecule is CN(C)CC(NC(=O)NC1CCN(c2ccccc2)CC1)c1ccccc1. The van der Waals surface area contributed by atoms with E-state index in [1.54, 1.807) is 0 Å². The Kier molecular flexibility index (Phi) is 6.71. The molecule has 1 unspecified atom stereocenters. The third-order valence-corrected chi connectivity index (χ3v) is 5.01. The number of benzene rings is 2. The number of carbonyl (C=O) groups is 1. The fourth-order valence-electron chi connectivity index (χ4n) is 3.59. The summed E-state index contributed by atoms with van der Waals surface area (Å²) in [4.78, 5) is 17.1. The van der Waals surface area contributed by atoms with Gasteiger partial charge in [-0.05, 0) is 44.6 Å². The molecule has 1 atom stereocenters. The first kappa shape index (κ1) is 19.2. The van der Waals surface area contributed by atoms with Crippen LogP contribution in [0.4, 0.5) is 10.5 Å². The highest BCUT2D eigenvalue weighted by atomic mass is 16.2. The molecule has 0 saturated carbocycles. The largest absolute Gasteiger partial charge is 0.371 e. The molecule has 5 heteroatoms. The summed E-state index contributed by atoms with van der Waals surface area (Å²) in [5.41, 5.74) is 2.38. The second kappa shape index (κ2) is 9.42. The molecule has 2 aromatic rings. The zero-order valence-corrected chi connectivity index (χ0v) is 16.3. The van der Waals surface area contributed by atoms with Gasteiger partial charge in [0.15, 0.2) is 0 Å². The number of anilines is 1. The van der Waals surface area contributed by atoms with Crippen LogP contribution in [-0.2, 0) is 0 Å². The molecule has 5 nitrogen and oxygen atoms in total. The normalized spacial score (nSPS) is 16.2. The number of rotatable bonds is 6. The van der Waals surface area contributed by atoms with Gasteiger partial charge in [0.25, 0.3) is 0 Å². The topological polar surface area (TPSA) is 47.6 Å². The van der Waals surface area contributed by atoms with E-state index in [4.69, 9.17) is 0 Å². The number of hydrogen-bond donors (Lipinski definition) is 2. The number of carbonyl (C=O) groups excluding carboxylic acids is 1. The average Bonchev–Trinajstić information content (AvgIpc) is 2.69. The molecular formula is C22H30N4O. The van der Waals surface area contributed by atoms with Crippen molar-refractivity contribution in [3.8, 4) is 0 Å². The Hall–Kier alpha value is -2.53. The van der Waals surface area contributed by atoms with Gasteiger partial charge in [0.1, 0.15) is 0 Å². The van der Waals surface area contributed by atoms with Crippen molar-refractivity contribution in [1.82, 2.24) is 15.5 Å². The lowest BCUT2D eigenvalue weighted by molar-refractivity contribution is 0.226. The predicted molar refractivity (Wildman–Crippen MR) is 111 cm³/mol. The third-order valence-electron chi connectivity index (χ3n) is 5.01. The first-order valence-electron chi connectivity index (χ1n) is 9.68. The van der Waals surface area contributed by atoms with E-state index < -0.39 is 0 Å². The molecule has 27 heavy (non-hydrogen) atoms. The molecule has 1 saturated heterocycles. The lowest BCUT2D eigenvalue weighted by Gasteiger charge is -2.34. The van der Waals surface area contributed by atoms with Gasteiger partial charge in [-0.2, -0.15) is 0 Å². The van der Waals surface area contributed by atoms with E-state index in [1.807, 2.05) is 38.4 Å². The number of urea groups is 1. The standard InChI is InChI=1S/C22H30N4O/c1-25(2)17-21(18-9-5-3-6-10-18)24-22(27)23-19-13-15-26(16-14-19)20-11-7-4-8-12-20/h3-12,19,21H,13-17H2,1-2H3,(H2,23,24,27). The van der Waals surface area contributed by atoms with Crippen molar-refractivity contribution in [2.75, 3.05) is 38.6 Å². The first-order chi connectivity index (χ1) is 13.1.